The minimum Gasteiger partial charge on any atom is -0.480 e. The van der Waals surface area contributed by atoms with Crippen molar-refractivity contribution in [2.75, 3.05) is 0 Å². The number of nitrogens with two attached hydrogens (primary N) is 1. The van der Waals surface area contributed by atoms with Crippen molar-refractivity contribution in [1.82, 2.24) is 5.32 Å². The Hall–Kier alpha value is -1.14. The molecule has 5 N–H and O–H groups in total. The fraction of sp³-hybridized carbons (Fsp3) is 0.875. The first-order chi connectivity index (χ1) is 10.3. The molecular weight excluding hydrogens is 284 g/mol. The van der Waals surface area contributed by atoms with Gasteiger partial charge in [0, 0.05) is 6.04 Å². The fourth-order valence-corrected chi connectivity index (χ4v) is 2.29. The number of nitrogens with one attached hydrogen (secondary N) is 1. The van der Waals surface area contributed by atoms with E-state index in [0.29, 0.717) is 12.8 Å². The highest BCUT2D eigenvalue weighted by atomic mass is 16.4. The van der Waals surface area contributed by atoms with Crippen LogP contribution in [0.15, 0.2) is 0 Å². The Kier molecular flexibility index (Phi) is 10.8. The zero-order chi connectivity index (χ0) is 17.1. The smallest absolute Gasteiger partial charge is 0.326 e. The highest BCUT2D eigenvalue weighted by Gasteiger charge is 2.27. The zero-order valence-corrected chi connectivity index (χ0v) is 14.0. The average Bonchev–Trinajstić information content (AvgIpc) is 2.44. The van der Waals surface area contributed by atoms with E-state index in [2.05, 4.69) is 12.2 Å². The Labute approximate surface area is 133 Å². The Morgan fingerprint density at radius 2 is 1.73 bits per heavy atom. The van der Waals surface area contributed by atoms with Gasteiger partial charge in [-0.25, -0.2) is 4.79 Å². The van der Waals surface area contributed by atoms with Gasteiger partial charge in [-0.15, -0.1) is 0 Å². The number of aliphatic carboxylic acids is 1. The number of aliphatic hydroxyl groups excluding tert-OH is 1. The second kappa shape index (κ2) is 11.4. The standard InChI is InChI=1S/C16H32N2O4/c1-4-5-6-7-8-9-12(17)14(19)15(20)18-13(16(21)22)10-11(2)3/h11-14,19H,4-10,17H2,1-3H3,(H,18,20)(H,21,22)/t12-,13+,14+/m1/s1. The minimum atomic E-state index is -1.36. The molecule has 0 fully saturated rings. The van der Waals surface area contributed by atoms with Gasteiger partial charge in [-0.2, -0.15) is 0 Å². The summed E-state index contributed by atoms with van der Waals surface area (Å²) in [4.78, 5) is 23.0. The number of carbonyl (C=O) groups excluding carboxylic acids is 1. The van der Waals surface area contributed by atoms with Gasteiger partial charge in [-0.05, 0) is 18.8 Å². The lowest BCUT2D eigenvalue weighted by atomic mass is 10.0. The van der Waals surface area contributed by atoms with Crippen molar-refractivity contribution in [3.63, 3.8) is 0 Å². The SMILES string of the molecule is CCCCCCC[C@@H](N)[C@H](O)C(=O)N[C@@H](CC(C)C)C(=O)O. The molecule has 3 atom stereocenters. The van der Waals surface area contributed by atoms with Crippen LogP contribution in [0.2, 0.25) is 0 Å². The molecule has 0 spiro atoms. The quantitative estimate of drug-likeness (QED) is 0.409. The number of aliphatic hydroxyl groups is 1. The van der Waals surface area contributed by atoms with Gasteiger partial charge in [-0.1, -0.05) is 52.9 Å². The Morgan fingerprint density at radius 1 is 1.14 bits per heavy atom. The number of carboxylic acids is 1. The van der Waals surface area contributed by atoms with E-state index in [1.54, 1.807) is 0 Å². The van der Waals surface area contributed by atoms with Crippen LogP contribution in [0, 0.1) is 5.92 Å². The highest BCUT2D eigenvalue weighted by Crippen LogP contribution is 2.10. The van der Waals surface area contributed by atoms with E-state index in [1.165, 1.54) is 6.42 Å². The first kappa shape index (κ1) is 20.9. The lowest BCUT2D eigenvalue weighted by Gasteiger charge is -2.22. The zero-order valence-electron chi connectivity index (χ0n) is 14.0. The summed E-state index contributed by atoms with van der Waals surface area (Å²) in [7, 11) is 0. The van der Waals surface area contributed by atoms with Crippen molar-refractivity contribution in [2.24, 2.45) is 11.7 Å². The molecule has 0 rings (SSSR count). The minimum absolute atomic E-state index is 0.130. The molecule has 0 heterocycles. The topological polar surface area (TPSA) is 113 Å². The molecule has 0 saturated heterocycles. The van der Waals surface area contributed by atoms with Crippen molar-refractivity contribution in [3.05, 3.63) is 0 Å². The molecule has 0 aromatic heterocycles. The molecule has 0 unspecified atom stereocenters. The second-order valence-electron chi connectivity index (χ2n) is 6.34. The molecule has 22 heavy (non-hydrogen) atoms. The van der Waals surface area contributed by atoms with Crippen LogP contribution in [0.25, 0.3) is 0 Å². The van der Waals surface area contributed by atoms with Crippen molar-refractivity contribution in [3.8, 4) is 0 Å². The Morgan fingerprint density at radius 3 is 2.23 bits per heavy atom. The van der Waals surface area contributed by atoms with Crippen molar-refractivity contribution < 1.29 is 19.8 Å². The lowest BCUT2D eigenvalue weighted by molar-refractivity contribution is -0.144. The van der Waals surface area contributed by atoms with Crippen LogP contribution in [0.4, 0.5) is 0 Å². The molecule has 130 valence electrons. The molecule has 0 saturated carbocycles. The molecule has 0 aromatic carbocycles. The van der Waals surface area contributed by atoms with Crippen LogP contribution in [-0.4, -0.2) is 40.3 Å². The number of rotatable bonds is 12. The maximum absolute atomic E-state index is 11.9. The number of carboxylic acid groups (broad SMARTS) is 1. The van der Waals surface area contributed by atoms with E-state index in [-0.39, 0.29) is 5.92 Å². The average molecular weight is 316 g/mol. The molecule has 1 amide bonds. The fourth-order valence-electron chi connectivity index (χ4n) is 2.29. The summed E-state index contributed by atoms with van der Waals surface area (Å²) in [5, 5.41) is 21.4. The Balaban J connectivity index is 4.23. The third-order valence-corrected chi connectivity index (χ3v) is 3.64. The first-order valence-corrected chi connectivity index (χ1v) is 8.26. The Bertz CT molecular complexity index is 334. The molecular formula is C16H32N2O4. The van der Waals surface area contributed by atoms with E-state index in [1.807, 2.05) is 13.8 Å². The second-order valence-corrected chi connectivity index (χ2v) is 6.34. The van der Waals surface area contributed by atoms with Crippen LogP contribution in [0.3, 0.4) is 0 Å². The van der Waals surface area contributed by atoms with E-state index in [4.69, 9.17) is 10.8 Å². The van der Waals surface area contributed by atoms with E-state index in [0.717, 1.165) is 25.7 Å². The van der Waals surface area contributed by atoms with Crippen molar-refractivity contribution in [2.45, 2.75) is 83.9 Å². The van der Waals surface area contributed by atoms with Gasteiger partial charge in [0.1, 0.15) is 12.1 Å². The van der Waals surface area contributed by atoms with Crippen molar-refractivity contribution in [1.29, 1.82) is 0 Å². The molecule has 0 bridgehead atoms. The summed E-state index contributed by atoms with van der Waals surface area (Å²) < 4.78 is 0. The van der Waals surface area contributed by atoms with Crippen LogP contribution < -0.4 is 11.1 Å². The van der Waals surface area contributed by atoms with Gasteiger partial charge in [0.15, 0.2) is 0 Å². The molecule has 6 nitrogen and oxygen atoms in total. The summed E-state index contributed by atoms with van der Waals surface area (Å²) in [6.45, 7) is 5.89. The number of hydrogen-bond acceptors (Lipinski definition) is 4. The molecule has 0 aliphatic rings. The van der Waals surface area contributed by atoms with E-state index >= 15 is 0 Å². The lowest BCUT2D eigenvalue weighted by Crippen LogP contribution is -2.51. The first-order valence-electron chi connectivity index (χ1n) is 8.26. The predicted molar refractivity (Wildman–Crippen MR) is 86.4 cm³/mol. The van der Waals surface area contributed by atoms with Gasteiger partial charge in [0.25, 0.3) is 5.91 Å². The van der Waals surface area contributed by atoms with Gasteiger partial charge >= 0.3 is 5.97 Å². The highest BCUT2D eigenvalue weighted by molar-refractivity contribution is 5.86. The van der Waals surface area contributed by atoms with Crippen LogP contribution in [0.1, 0.15) is 65.7 Å². The third kappa shape index (κ3) is 9.00. The number of carbonyl (C=O) groups is 2. The van der Waals surface area contributed by atoms with E-state index < -0.39 is 30.1 Å². The number of unbranched alkanes of at least 4 members (excludes halogenated alkanes) is 4. The number of hydrogen-bond donors (Lipinski definition) is 4. The predicted octanol–water partition coefficient (Wildman–Crippen LogP) is 1.65. The van der Waals surface area contributed by atoms with Gasteiger partial charge in [-0.3, -0.25) is 4.79 Å². The number of amides is 1. The normalized spacial score (nSPS) is 15.4. The summed E-state index contributed by atoms with van der Waals surface area (Å²) >= 11 is 0. The molecule has 0 radical (unpaired) electrons. The van der Waals surface area contributed by atoms with Crippen LogP contribution >= 0.6 is 0 Å². The van der Waals surface area contributed by atoms with Gasteiger partial charge in [0.05, 0.1) is 0 Å². The van der Waals surface area contributed by atoms with Crippen LogP contribution in [-0.2, 0) is 9.59 Å². The summed E-state index contributed by atoms with van der Waals surface area (Å²) in [5.74, 6) is -1.66. The molecule has 6 heteroatoms. The molecule has 0 aliphatic heterocycles. The van der Waals surface area contributed by atoms with Crippen LogP contribution in [0.5, 0.6) is 0 Å². The largest absolute Gasteiger partial charge is 0.480 e. The summed E-state index contributed by atoms with van der Waals surface area (Å²) in [6, 6.07) is -1.64. The van der Waals surface area contributed by atoms with E-state index in [9.17, 15) is 14.7 Å². The monoisotopic (exact) mass is 316 g/mol. The summed E-state index contributed by atoms with van der Waals surface area (Å²) in [5.41, 5.74) is 5.83. The molecule has 0 aliphatic carbocycles. The maximum atomic E-state index is 11.9. The molecule has 0 aromatic rings. The third-order valence-electron chi connectivity index (χ3n) is 3.64. The van der Waals surface area contributed by atoms with Gasteiger partial charge < -0.3 is 21.3 Å². The van der Waals surface area contributed by atoms with Crippen molar-refractivity contribution >= 4 is 11.9 Å². The summed E-state index contributed by atoms with van der Waals surface area (Å²) in [6.07, 6.45) is 4.86. The maximum Gasteiger partial charge on any atom is 0.326 e. The van der Waals surface area contributed by atoms with Gasteiger partial charge in [0.2, 0.25) is 0 Å².